The fourth-order valence-corrected chi connectivity index (χ4v) is 2.76. The lowest BCUT2D eigenvalue weighted by molar-refractivity contribution is 0.0666. The SMILES string of the molecule is O=C(Nc1ccc(F)c(F)c1)NC1CCCN(C(=O)c2ccco2)C1. The third-order valence-electron chi connectivity index (χ3n) is 3.95. The van der Waals surface area contributed by atoms with E-state index in [9.17, 15) is 18.4 Å². The van der Waals surface area contributed by atoms with Crippen LogP contribution in [0.4, 0.5) is 19.3 Å². The van der Waals surface area contributed by atoms with Crippen molar-refractivity contribution < 1.29 is 22.8 Å². The number of hydrogen-bond acceptors (Lipinski definition) is 3. The summed E-state index contributed by atoms with van der Waals surface area (Å²) in [5.74, 6) is -1.99. The Morgan fingerprint density at radius 2 is 2.04 bits per heavy atom. The summed E-state index contributed by atoms with van der Waals surface area (Å²) >= 11 is 0. The van der Waals surface area contributed by atoms with E-state index in [0.717, 1.165) is 18.6 Å². The van der Waals surface area contributed by atoms with Crippen molar-refractivity contribution in [2.24, 2.45) is 0 Å². The van der Waals surface area contributed by atoms with Gasteiger partial charge in [-0.05, 0) is 37.1 Å². The highest BCUT2D eigenvalue weighted by Gasteiger charge is 2.26. The number of amides is 3. The zero-order chi connectivity index (χ0) is 17.8. The Morgan fingerprint density at radius 3 is 2.76 bits per heavy atom. The van der Waals surface area contributed by atoms with E-state index in [1.165, 1.54) is 12.3 Å². The highest BCUT2D eigenvalue weighted by molar-refractivity contribution is 5.92. The average molecular weight is 349 g/mol. The lowest BCUT2D eigenvalue weighted by Gasteiger charge is -2.32. The summed E-state index contributed by atoms with van der Waals surface area (Å²) in [6, 6.07) is 5.57. The molecule has 3 rings (SSSR count). The molecular weight excluding hydrogens is 332 g/mol. The van der Waals surface area contributed by atoms with Crippen LogP contribution in [0, 0.1) is 11.6 Å². The zero-order valence-corrected chi connectivity index (χ0v) is 13.3. The summed E-state index contributed by atoms with van der Waals surface area (Å²) in [7, 11) is 0. The van der Waals surface area contributed by atoms with E-state index in [2.05, 4.69) is 10.6 Å². The smallest absolute Gasteiger partial charge is 0.319 e. The highest BCUT2D eigenvalue weighted by Crippen LogP contribution is 2.16. The molecule has 1 aliphatic heterocycles. The molecule has 2 heterocycles. The van der Waals surface area contributed by atoms with Crippen LogP contribution < -0.4 is 10.6 Å². The van der Waals surface area contributed by atoms with Crippen molar-refractivity contribution in [3.05, 3.63) is 54.0 Å². The van der Waals surface area contributed by atoms with Crippen LogP contribution in [0.15, 0.2) is 41.0 Å². The second-order valence-corrected chi connectivity index (χ2v) is 5.79. The maximum Gasteiger partial charge on any atom is 0.319 e. The first kappa shape index (κ1) is 16.9. The van der Waals surface area contributed by atoms with Gasteiger partial charge in [0.1, 0.15) is 0 Å². The molecule has 2 N–H and O–H groups in total. The third-order valence-corrected chi connectivity index (χ3v) is 3.95. The van der Waals surface area contributed by atoms with Gasteiger partial charge in [-0.15, -0.1) is 0 Å². The molecule has 132 valence electrons. The minimum absolute atomic E-state index is 0.149. The summed E-state index contributed by atoms with van der Waals surface area (Å²) in [4.78, 5) is 25.9. The molecule has 1 saturated heterocycles. The van der Waals surface area contributed by atoms with Crippen molar-refractivity contribution in [1.82, 2.24) is 10.2 Å². The van der Waals surface area contributed by atoms with Crippen LogP contribution >= 0.6 is 0 Å². The van der Waals surface area contributed by atoms with E-state index in [4.69, 9.17) is 4.42 Å². The lowest BCUT2D eigenvalue weighted by Crippen LogP contribution is -2.50. The largest absolute Gasteiger partial charge is 0.459 e. The number of nitrogens with one attached hydrogen (secondary N) is 2. The number of furan rings is 1. The summed E-state index contributed by atoms with van der Waals surface area (Å²) in [5.41, 5.74) is 0.149. The Morgan fingerprint density at radius 1 is 1.20 bits per heavy atom. The topological polar surface area (TPSA) is 74.6 Å². The first-order valence-corrected chi connectivity index (χ1v) is 7.88. The Bertz CT molecular complexity index is 765. The number of likely N-dealkylation sites (tertiary alicyclic amines) is 1. The molecule has 0 spiro atoms. The Balaban J connectivity index is 1.55. The predicted octanol–water partition coefficient (Wildman–Crippen LogP) is 2.98. The molecule has 8 heteroatoms. The fraction of sp³-hybridized carbons (Fsp3) is 0.294. The molecule has 6 nitrogen and oxygen atoms in total. The fourth-order valence-electron chi connectivity index (χ4n) is 2.76. The van der Waals surface area contributed by atoms with Crippen LogP contribution in [0.5, 0.6) is 0 Å². The van der Waals surface area contributed by atoms with Crippen molar-refractivity contribution in [1.29, 1.82) is 0 Å². The molecule has 1 fully saturated rings. The number of carbonyl (C=O) groups excluding carboxylic acids is 2. The van der Waals surface area contributed by atoms with Crippen molar-refractivity contribution in [3.63, 3.8) is 0 Å². The van der Waals surface area contributed by atoms with Gasteiger partial charge in [0.2, 0.25) is 0 Å². The number of carbonyl (C=O) groups is 2. The molecule has 0 aliphatic carbocycles. The minimum atomic E-state index is -1.04. The average Bonchev–Trinajstić information content (AvgIpc) is 3.12. The first-order chi connectivity index (χ1) is 12.0. The molecule has 1 aromatic carbocycles. The van der Waals surface area contributed by atoms with Crippen LogP contribution in [0.25, 0.3) is 0 Å². The van der Waals surface area contributed by atoms with E-state index in [-0.39, 0.29) is 23.4 Å². The Labute approximate surface area is 142 Å². The number of halogens is 2. The molecule has 25 heavy (non-hydrogen) atoms. The van der Waals surface area contributed by atoms with E-state index in [0.29, 0.717) is 19.5 Å². The second kappa shape index (κ2) is 7.33. The summed E-state index contributed by atoms with van der Waals surface area (Å²) in [5, 5.41) is 5.19. The number of piperidine rings is 1. The molecule has 0 radical (unpaired) electrons. The number of urea groups is 1. The van der Waals surface area contributed by atoms with Gasteiger partial charge in [0.15, 0.2) is 17.4 Å². The number of nitrogens with zero attached hydrogens (tertiary/aromatic N) is 1. The first-order valence-electron chi connectivity index (χ1n) is 7.88. The van der Waals surface area contributed by atoms with Crippen molar-refractivity contribution >= 4 is 17.6 Å². The molecule has 3 amide bonds. The van der Waals surface area contributed by atoms with E-state index in [1.54, 1.807) is 17.0 Å². The number of rotatable bonds is 3. The Hall–Kier alpha value is -2.90. The van der Waals surface area contributed by atoms with Gasteiger partial charge >= 0.3 is 6.03 Å². The van der Waals surface area contributed by atoms with Gasteiger partial charge in [-0.3, -0.25) is 4.79 Å². The molecule has 0 saturated carbocycles. The summed E-state index contributed by atoms with van der Waals surface area (Å²) in [6.45, 7) is 0.938. The molecule has 1 aromatic heterocycles. The van der Waals surface area contributed by atoms with Gasteiger partial charge in [0, 0.05) is 30.9 Å². The van der Waals surface area contributed by atoms with Crippen molar-refractivity contribution in [2.75, 3.05) is 18.4 Å². The van der Waals surface area contributed by atoms with Gasteiger partial charge in [-0.25, -0.2) is 13.6 Å². The van der Waals surface area contributed by atoms with Gasteiger partial charge in [-0.1, -0.05) is 0 Å². The maximum atomic E-state index is 13.2. The van der Waals surface area contributed by atoms with Gasteiger partial charge in [-0.2, -0.15) is 0 Å². The lowest BCUT2D eigenvalue weighted by atomic mass is 10.1. The Kier molecular flexibility index (Phi) is 4.97. The maximum absolute atomic E-state index is 13.2. The molecular formula is C17H17F2N3O3. The van der Waals surface area contributed by atoms with Gasteiger partial charge in [0.05, 0.1) is 6.26 Å². The zero-order valence-electron chi connectivity index (χ0n) is 13.3. The van der Waals surface area contributed by atoms with Crippen LogP contribution in [-0.4, -0.2) is 36.0 Å². The predicted molar refractivity (Wildman–Crippen MR) is 86.1 cm³/mol. The molecule has 1 unspecified atom stereocenters. The van der Waals surface area contributed by atoms with Crippen molar-refractivity contribution in [3.8, 4) is 0 Å². The summed E-state index contributed by atoms with van der Waals surface area (Å²) < 4.78 is 31.2. The molecule has 2 aromatic rings. The van der Waals surface area contributed by atoms with Crippen LogP contribution in [0.3, 0.4) is 0 Å². The molecule has 1 aliphatic rings. The van der Waals surface area contributed by atoms with Crippen LogP contribution in [0.1, 0.15) is 23.4 Å². The monoisotopic (exact) mass is 349 g/mol. The minimum Gasteiger partial charge on any atom is -0.459 e. The normalized spacial score (nSPS) is 17.2. The number of hydrogen-bond donors (Lipinski definition) is 2. The molecule has 1 atom stereocenters. The standard InChI is InChI=1S/C17H17F2N3O3/c18-13-6-5-11(9-14(13)19)20-17(24)21-12-3-1-7-22(10-12)16(23)15-4-2-8-25-15/h2,4-6,8-9,12H,1,3,7,10H2,(H2,20,21,24). The van der Waals surface area contributed by atoms with E-state index in [1.807, 2.05) is 0 Å². The van der Waals surface area contributed by atoms with Gasteiger partial charge in [0.25, 0.3) is 5.91 Å². The van der Waals surface area contributed by atoms with E-state index >= 15 is 0 Å². The van der Waals surface area contributed by atoms with Crippen LogP contribution in [0.2, 0.25) is 0 Å². The van der Waals surface area contributed by atoms with Gasteiger partial charge < -0.3 is 20.0 Å². The van der Waals surface area contributed by atoms with Crippen molar-refractivity contribution in [2.45, 2.75) is 18.9 Å². The third kappa shape index (κ3) is 4.14. The number of anilines is 1. The highest BCUT2D eigenvalue weighted by atomic mass is 19.2. The van der Waals surface area contributed by atoms with Crippen LogP contribution in [-0.2, 0) is 0 Å². The molecule has 0 bridgehead atoms. The van der Waals surface area contributed by atoms with E-state index < -0.39 is 17.7 Å². The quantitative estimate of drug-likeness (QED) is 0.895. The summed E-state index contributed by atoms with van der Waals surface area (Å²) in [6.07, 6.45) is 2.89. The number of benzene rings is 1. The second-order valence-electron chi connectivity index (χ2n) is 5.79.